The van der Waals surface area contributed by atoms with Crippen LogP contribution in [0.3, 0.4) is 0 Å². The van der Waals surface area contributed by atoms with Gasteiger partial charge in [0.05, 0.1) is 0 Å². The molecule has 84 valence electrons. The average molecular weight is 427 g/mol. The molecule has 0 aliphatic carbocycles. The molecule has 3 heterocycles. The van der Waals surface area contributed by atoms with Crippen molar-refractivity contribution < 1.29 is 2.69 Å². The molecule has 3 rings (SSSR count). The standard InChI is InChI=1S/C13H9N3O.Tl/c17-12-2-1-11-13(16-12)10(5-8-15-11)9-3-6-14-7-4-9;/h1-8H,(H,16,17);/q;+1/p-1. The van der Waals surface area contributed by atoms with Gasteiger partial charge in [-0.2, -0.15) is 0 Å². The number of rotatable bonds is 2. The summed E-state index contributed by atoms with van der Waals surface area (Å²) in [5, 5.41) is 0. The molecular weight excluding hydrogens is 419 g/mol. The molecule has 4 nitrogen and oxygen atoms in total. The molecule has 0 N–H and O–H groups in total. The summed E-state index contributed by atoms with van der Waals surface area (Å²) in [5.41, 5.74) is 3.86. The molecule has 0 bridgehead atoms. The van der Waals surface area contributed by atoms with E-state index >= 15 is 0 Å². The number of fused-ring (bicyclic) bond motifs is 1. The van der Waals surface area contributed by atoms with E-state index in [2.05, 4.69) is 15.0 Å². The molecule has 0 fully saturated rings. The van der Waals surface area contributed by atoms with Crippen molar-refractivity contribution in [2.75, 3.05) is 0 Å². The number of hydrogen-bond acceptors (Lipinski definition) is 4. The molecular formula is C13H8N3OTl. The maximum atomic E-state index is 5.33. The van der Waals surface area contributed by atoms with Gasteiger partial charge in [0.2, 0.25) is 0 Å². The fourth-order valence-corrected chi connectivity index (χ4v) is 2.35. The second-order valence-electron chi connectivity index (χ2n) is 3.73. The van der Waals surface area contributed by atoms with Gasteiger partial charge in [0.1, 0.15) is 0 Å². The van der Waals surface area contributed by atoms with Crippen molar-refractivity contribution in [3.8, 4) is 17.0 Å². The second-order valence-corrected chi connectivity index (χ2v) is 4.65. The van der Waals surface area contributed by atoms with Gasteiger partial charge < -0.3 is 0 Å². The molecule has 5 heteroatoms. The van der Waals surface area contributed by atoms with Crippen LogP contribution < -0.4 is 2.69 Å². The van der Waals surface area contributed by atoms with Gasteiger partial charge in [-0.15, -0.1) is 0 Å². The predicted molar refractivity (Wildman–Crippen MR) is 69.2 cm³/mol. The van der Waals surface area contributed by atoms with E-state index < -0.39 is 0 Å². The third kappa shape index (κ3) is 2.07. The molecule has 0 radical (unpaired) electrons. The minimum atomic E-state index is 0.431. The summed E-state index contributed by atoms with van der Waals surface area (Å²) in [6.45, 7) is 0. The molecule has 0 saturated carbocycles. The molecule has 0 saturated heterocycles. The van der Waals surface area contributed by atoms with Gasteiger partial charge in [0.15, 0.2) is 0 Å². The van der Waals surface area contributed by atoms with Crippen molar-refractivity contribution in [1.29, 1.82) is 0 Å². The summed E-state index contributed by atoms with van der Waals surface area (Å²) in [7, 11) is 0. The van der Waals surface area contributed by atoms with Crippen LogP contribution in [-0.2, 0) is 0 Å². The van der Waals surface area contributed by atoms with E-state index in [1.807, 2.05) is 30.3 Å². The van der Waals surface area contributed by atoms with Crippen LogP contribution in [0.25, 0.3) is 22.2 Å². The topological polar surface area (TPSA) is 47.9 Å². The van der Waals surface area contributed by atoms with Gasteiger partial charge in [-0.3, -0.25) is 0 Å². The summed E-state index contributed by atoms with van der Waals surface area (Å²) >= 11 is 0.431. The third-order valence-electron chi connectivity index (χ3n) is 2.67. The number of aromatic nitrogens is 3. The normalized spacial score (nSPS) is 10.4. The number of pyridine rings is 3. The number of hydrogen-bond donors (Lipinski definition) is 0. The molecule has 0 unspecified atom stereocenters. The molecule has 0 atom stereocenters. The van der Waals surface area contributed by atoms with E-state index in [0.717, 1.165) is 22.2 Å². The van der Waals surface area contributed by atoms with Crippen molar-refractivity contribution >= 4 is 37.3 Å². The van der Waals surface area contributed by atoms with Gasteiger partial charge in [-0.05, 0) is 0 Å². The summed E-state index contributed by atoms with van der Waals surface area (Å²) < 4.78 is 5.33. The Bertz CT molecular complexity index is 688. The van der Waals surface area contributed by atoms with Gasteiger partial charge >= 0.3 is 121 Å². The molecule has 0 aliphatic heterocycles. The predicted octanol–water partition coefficient (Wildman–Crippen LogP) is 2.15. The fourth-order valence-electron chi connectivity index (χ4n) is 1.84. The van der Waals surface area contributed by atoms with E-state index in [1.54, 1.807) is 18.6 Å². The molecule has 0 amide bonds. The molecule has 3 aromatic rings. The Balaban J connectivity index is 2.29. The van der Waals surface area contributed by atoms with Crippen molar-refractivity contribution in [2.45, 2.75) is 0 Å². The first-order chi connectivity index (χ1) is 8.88. The number of nitrogens with zero attached hydrogens (tertiary/aromatic N) is 3. The van der Waals surface area contributed by atoms with Crippen molar-refractivity contribution in [3.63, 3.8) is 0 Å². The quantitative estimate of drug-likeness (QED) is 0.589. The molecule has 0 aliphatic rings. The summed E-state index contributed by atoms with van der Waals surface area (Å²) in [6.07, 6.45) is 5.34. The maximum absolute atomic E-state index is 5.33. The van der Waals surface area contributed by atoms with Crippen LogP contribution in [0.4, 0.5) is 0 Å². The van der Waals surface area contributed by atoms with E-state index in [1.165, 1.54) is 0 Å². The van der Waals surface area contributed by atoms with E-state index in [0.29, 0.717) is 32.1 Å². The van der Waals surface area contributed by atoms with Gasteiger partial charge in [-0.1, -0.05) is 0 Å². The first kappa shape index (κ1) is 11.5. The SMILES string of the molecule is [Tl][O]c1ccc2nccc(-c3ccncc3)c2n1. The summed E-state index contributed by atoms with van der Waals surface area (Å²) in [6, 6.07) is 9.68. The van der Waals surface area contributed by atoms with Crippen molar-refractivity contribution in [3.05, 3.63) is 48.9 Å². The van der Waals surface area contributed by atoms with Crippen LogP contribution in [0.2, 0.25) is 0 Å². The minimum absolute atomic E-state index is 0.431. The van der Waals surface area contributed by atoms with Crippen LogP contribution in [-0.4, -0.2) is 41.2 Å². The Hall–Kier alpha value is -1.57. The third-order valence-corrected chi connectivity index (χ3v) is 3.61. The molecule has 0 aromatic carbocycles. The average Bonchev–Trinajstić information content (AvgIpc) is 2.47. The van der Waals surface area contributed by atoms with E-state index in [-0.39, 0.29) is 0 Å². The zero-order valence-electron chi connectivity index (χ0n) is 9.45. The zero-order chi connectivity index (χ0) is 12.4. The summed E-state index contributed by atoms with van der Waals surface area (Å²) in [5.74, 6) is 0.663. The van der Waals surface area contributed by atoms with E-state index in [4.69, 9.17) is 2.69 Å². The second kappa shape index (κ2) is 4.97. The van der Waals surface area contributed by atoms with Crippen LogP contribution >= 0.6 is 0 Å². The Morgan fingerprint density at radius 2 is 1.78 bits per heavy atom. The molecule has 3 aromatic heterocycles. The zero-order valence-corrected chi connectivity index (χ0v) is 13.9. The Morgan fingerprint density at radius 1 is 0.944 bits per heavy atom. The summed E-state index contributed by atoms with van der Waals surface area (Å²) in [4.78, 5) is 12.9. The Labute approximate surface area is 120 Å². The van der Waals surface area contributed by atoms with Crippen molar-refractivity contribution in [1.82, 2.24) is 15.0 Å². The first-order valence-corrected chi connectivity index (χ1v) is 7.24. The van der Waals surface area contributed by atoms with E-state index in [9.17, 15) is 0 Å². The van der Waals surface area contributed by atoms with Crippen LogP contribution in [0.15, 0.2) is 48.9 Å². The first-order valence-electron chi connectivity index (χ1n) is 5.41. The van der Waals surface area contributed by atoms with Crippen LogP contribution in [0.5, 0.6) is 5.88 Å². The Kier molecular flexibility index (Phi) is 3.18. The molecule has 0 spiro atoms. The van der Waals surface area contributed by atoms with Crippen LogP contribution in [0, 0.1) is 0 Å². The fraction of sp³-hybridized carbons (Fsp3) is 0. The monoisotopic (exact) mass is 427 g/mol. The van der Waals surface area contributed by atoms with Crippen molar-refractivity contribution in [2.24, 2.45) is 0 Å². The van der Waals surface area contributed by atoms with Gasteiger partial charge in [-0.25, -0.2) is 0 Å². The van der Waals surface area contributed by atoms with Gasteiger partial charge in [0.25, 0.3) is 0 Å². The van der Waals surface area contributed by atoms with Crippen LogP contribution in [0.1, 0.15) is 0 Å². The van der Waals surface area contributed by atoms with Gasteiger partial charge in [0, 0.05) is 0 Å². The molecule has 18 heavy (non-hydrogen) atoms. The Morgan fingerprint density at radius 3 is 2.56 bits per heavy atom.